The molecule has 3 heterocycles. The second kappa shape index (κ2) is 8.67. The molecule has 0 amide bonds. The molecule has 5 rings (SSSR count). The minimum atomic E-state index is -0.278. The zero-order valence-electron chi connectivity index (χ0n) is 18.4. The van der Waals surface area contributed by atoms with Crippen molar-refractivity contribution in [2.75, 3.05) is 23.9 Å². The van der Waals surface area contributed by atoms with Crippen molar-refractivity contribution in [1.82, 2.24) is 14.9 Å². The third-order valence-corrected chi connectivity index (χ3v) is 6.25. The Morgan fingerprint density at radius 1 is 0.939 bits per heavy atom. The van der Waals surface area contributed by atoms with Gasteiger partial charge in [0.2, 0.25) is 0 Å². The molecular weight excluding hydrogens is 433 g/mol. The lowest BCUT2D eigenvalue weighted by atomic mass is 10.0. The molecule has 1 saturated heterocycles. The number of anilines is 2. The van der Waals surface area contributed by atoms with E-state index in [1.807, 2.05) is 61.3 Å². The van der Waals surface area contributed by atoms with E-state index < -0.39 is 0 Å². The molecule has 0 saturated carbocycles. The highest BCUT2D eigenvalue weighted by atomic mass is 32.1. The molecule has 1 aliphatic heterocycles. The molecule has 1 N–H and O–H groups in total. The largest absolute Gasteiger partial charge is 0.378 e. The van der Waals surface area contributed by atoms with Gasteiger partial charge in [0.1, 0.15) is 11.9 Å². The first-order valence-corrected chi connectivity index (χ1v) is 11.2. The lowest BCUT2D eigenvalue weighted by Crippen LogP contribution is -2.30. The van der Waals surface area contributed by atoms with Gasteiger partial charge in [0.05, 0.1) is 17.4 Å². The number of thiocarbonyl (C=S) groups is 1. The molecular formula is C26H24FN5S. The Hall–Kier alpha value is -3.71. The van der Waals surface area contributed by atoms with Crippen molar-refractivity contribution in [2.45, 2.75) is 12.1 Å². The summed E-state index contributed by atoms with van der Waals surface area (Å²) in [6, 6.07) is 24.4. The van der Waals surface area contributed by atoms with Crippen LogP contribution in [0.25, 0.3) is 5.69 Å². The van der Waals surface area contributed by atoms with E-state index >= 15 is 0 Å². The highest BCUT2D eigenvalue weighted by molar-refractivity contribution is 7.80. The van der Waals surface area contributed by atoms with Crippen LogP contribution >= 0.6 is 12.2 Å². The summed E-state index contributed by atoms with van der Waals surface area (Å²) in [5.41, 5.74) is 4.35. The Labute approximate surface area is 198 Å². The molecule has 33 heavy (non-hydrogen) atoms. The molecule has 2 unspecified atom stereocenters. The maximum Gasteiger partial charge on any atom is 0.174 e. The van der Waals surface area contributed by atoms with Crippen LogP contribution in [0.15, 0.2) is 91.3 Å². The number of nitrogens with zero attached hydrogens (tertiary/aromatic N) is 4. The minimum Gasteiger partial charge on any atom is -0.378 e. The molecule has 2 aromatic carbocycles. The maximum absolute atomic E-state index is 14.8. The summed E-state index contributed by atoms with van der Waals surface area (Å²) < 4.78 is 16.7. The van der Waals surface area contributed by atoms with Crippen LogP contribution in [-0.2, 0) is 0 Å². The number of rotatable bonds is 5. The van der Waals surface area contributed by atoms with E-state index in [1.165, 1.54) is 6.07 Å². The molecule has 5 nitrogen and oxygen atoms in total. The first kappa shape index (κ1) is 21.2. The van der Waals surface area contributed by atoms with Gasteiger partial charge in [0, 0.05) is 43.6 Å². The fourth-order valence-corrected chi connectivity index (χ4v) is 4.69. The third-order valence-electron chi connectivity index (χ3n) is 5.94. The van der Waals surface area contributed by atoms with Crippen molar-refractivity contribution >= 4 is 28.7 Å². The highest BCUT2D eigenvalue weighted by Crippen LogP contribution is 2.42. The van der Waals surface area contributed by atoms with Gasteiger partial charge in [-0.05, 0) is 72.9 Å². The molecule has 7 heteroatoms. The summed E-state index contributed by atoms with van der Waals surface area (Å²) in [7, 11) is 4.02. The average molecular weight is 458 g/mol. The lowest BCUT2D eigenvalue weighted by Gasteiger charge is -2.29. The summed E-state index contributed by atoms with van der Waals surface area (Å²) in [5, 5.41) is 4.07. The van der Waals surface area contributed by atoms with Gasteiger partial charge in [-0.15, -0.1) is 0 Å². The number of benzene rings is 2. The number of aromatic nitrogens is 2. The Morgan fingerprint density at radius 3 is 2.39 bits per heavy atom. The Morgan fingerprint density at radius 2 is 1.70 bits per heavy atom. The number of halogens is 1. The van der Waals surface area contributed by atoms with Crippen LogP contribution in [0.3, 0.4) is 0 Å². The highest BCUT2D eigenvalue weighted by Gasteiger charge is 2.42. The minimum absolute atomic E-state index is 0.201. The number of para-hydroxylation sites is 1. The molecule has 0 bridgehead atoms. The molecule has 166 valence electrons. The quantitative estimate of drug-likeness (QED) is 0.414. The topological polar surface area (TPSA) is 36.3 Å². The van der Waals surface area contributed by atoms with Crippen LogP contribution in [0.2, 0.25) is 0 Å². The van der Waals surface area contributed by atoms with Gasteiger partial charge in [0.25, 0.3) is 0 Å². The fourth-order valence-electron chi connectivity index (χ4n) is 4.35. The van der Waals surface area contributed by atoms with E-state index in [0.717, 1.165) is 22.8 Å². The molecule has 2 aromatic heterocycles. The molecule has 0 radical (unpaired) electrons. The predicted molar refractivity (Wildman–Crippen MR) is 134 cm³/mol. The van der Waals surface area contributed by atoms with E-state index in [9.17, 15) is 4.39 Å². The van der Waals surface area contributed by atoms with Gasteiger partial charge in [-0.2, -0.15) is 0 Å². The molecule has 0 aliphatic carbocycles. The van der Waals surface area contributed by atoms with E-state index in [1.54, 1.807) is 18.3 Å². The average Bonchev–Trinajstić information content (AvgIpc) is 3.44. The summed E-state index contributed by atoms with van der Waals surface area (Å²) in [6.07, 6.45) is 3.67. The van der Waals surface area contributed by atoms with Crippen LogP contribution in [0, 0.1) is 5.82 Å². The van der Waals surface area contributed by atoms with E-state index in [4.69, 9.17) is 12.2 Å². The van der Waals surface area contributed by atoms with Crippen molar-refractivity contribution in [1.29, 1.82) is 0 Å². The number of nitrogens with one attached hydrogen (secondary N) is 1. The molecule has 0 spiro atoms. The van der Waals surface area contributed by atoms with Gasteiger partial charge in [0.15, 0.2) is 5.11 Å². The predicted octanol–water partition coefficient (Wildman–Crippen LogP) is 5.25. The van der Waals surface area contributed by atoms with E-state index in [2.05, 4.69) is 44.4 Å². The second-order valence-electron chi connectivity index (χ2n) is 8.16. The molecule has 4 aromatic rings. The summed E-state index contributed by atoms with van der Waals surface area (Å²) in [4.78, 5) is 8.76. The summed E-state index contributed by atoms with van der Waals surface area (Å²) in [6.45, 7) is 0. The standard InChI is InChI=1S/C26H24FN5S/c1-30(2)18-12-14-19(15-13-18)32-25(24(29-26(32)33)21-9-5-6-16-28-21)23-11-7-17-31(23)22-10-4-3-8-20(22)27/h3-17,24-25H,1-2H3,(H,29,33). The van der Waals surface area contributed by atoms with Crippen LogP contribution in [0.1, 0.15) is 23.5 Å². The third kappa shape index (κ3) is 3.85. The SMILES string of the molecule is CN(C)c1ccc(N2C(=S)NC(c3ccccn3)C2c2cccn2-c2ccccc2F)cc1. The Balaban J connectivity index is 1.65. The molecule has 1 aliphatic rings. The zero-order valence-corrected chi connectivity index (χ0v) is 19.2. The summed E-state index contributed by atoms with van der Waals surface area (Å²) >= 11 is 5.81. The number of pyridine rings is 1. The van der Waals surface area contributed by atoms with Gasteiger partial charge < -0.3 is 19.7 Å². The van der Waals surface area contributed by atoms with E-state index in [-0.39, 0.29) is 17.9 Å². The monoisotopic (exact) mass is 457 g/mol. The van der Waals surface area contributed by atoms with Crippen molar-refractivity contribution in [3.8, 4) is 5.69 Å². The van der Waals surface area contributed by atoms with Crippen LogP contribution < -0.4 is 15.1 Å². The van der Waals surface area contributed by atoms with Gasteiger partial charge in [-0.25, -0.2) is 4.39 Å². The normalized spacial score (nSPS) is 17.8. The zero-order chi connectivity index (χ0) is 22.9. The van der Waals surface area contributed by atoms with E-state index in [0.29, 0.717) is 10.8 Å². The van der Waals surface area contributed by atoms with Crippen LogP contribution in [0.5, 0.6) is 0 Å². The molecule has 1 fully saturated rings. The Kier molecular flexibility index (Phi) is 5.56. The van der Waals surface area contributed by atoms with Crippen molar-refractivity contribution < 1.29 is 4.39 Å². The smallest absolute Gasteiger partial charge is 0.174 e. The van der Waals surface area contributed by atoms with Gasteiger partial charge in [-0.1, -0.05) is 18.2 Å². The first-order valence-electron chi connectivity index (χ1n) is 10.7. The number of hydrogen-bond donors (Lipinski definition) is 1. The van der Waals surface area contributed by atoms with Crippen LogP contribution in [0.4, 0.5) is 15.8 Å². The van der Waals surface area contributed by atoms with Crippen molar-refractivity contribution in [3.05, 3.63) is 108 Å². The lowest BCUT2D eigenvalue weighted by molar-refractivity contribution is 0.544. The molecule has 2 atom stereocenters. The Bertz CT molecular complexity index is 1270. The fraction of sp³-hybridized carbons (Fsp3) is 0.154. The number of hydrogen-bond acceptors (Lipinski definition) is 3. The first-order chi connectivity index (χ1) is 16.0. The maximum atomic E-state index is 14.8. The van der Waals surface area contributed by atoms with Gasteiger partial charge >= 0.3 is 0 Å². The summed E-state index contributed by atoms with van der Waals surface area (Å²) in [5.74, 6) is -0.278. The van der Waals surface area contributed by atoms with Crippen molar-refractivity contribution in [3.63, 3.8) is 0 Å². The van der Waals surface area contributed by atoms with Crippen molar-refractivity contribution in [2.24, 2.45) is 0 Å². The van der Waals surface area contributed by atoms with Crippen LogP contribution in [-0.4, -0.2) is 28.8 Å². The van der Waals surface area contributed by atoms with Gasteiger partial charge in [-0.3, -0.25) is 4.98 Å². The second-order valence-corrected chi connectivity index (χ2v) is 8.55.